The van der Waals surface area contributed by atoms with Crippen molar-refractivity contribution in [3.05, 3.63) is 71.6 Å². The van der Waals surface area contributed by atoms with Crippen molar-refractivity contribution >= 4 is 17.6 Å². The van der Waals surface area contributed by atoms with Gasteiger partial charge in [0, 0.05) is 11.8 Å². The molecule has 1 N–H and O–H groups in total. The summed E-state index contributed by atoms with van der Waals surface area (Å²) in [5.41, 5.74) is 1.00. The van der Waals surface area contributed by atoms with Gasteiger partial charge in [-0.15, -0.1) is 5.10 Å². The van der Waals surface area contributed by atoms with Gasteiger partial charge < -0.3 is 10.1 Å². The van der Waals surface area contributed by atoms with Crippen LogP contribution in [-0.2, 0) is 9.53 Å². The van der Waals surface area contributed by atoms with Crippen LogP contribution >= 0.6 is 0 Å². The number of amides is 1. The average molecular weight is 386 g/mol. The van der Waals surface area contributed by atoms with E-state index in [4.69, 9.17) is 4.74 Å². The molecule has 3 aromatic rings. The molecule has 0 aliphatic rings. The number of benzene rings is 2. The lowest BCUT2D eigenvalue weighted by Crippen LogP contribution is -2.30. The van der Waals surface area contributed by atoms with E-state index >= 15 is 0 Å². The fourth-order valence-corrected chi connectivity index (χ4v) is 2.33. The molecule has 7 nitrogen and oxygen atoms in total. The Morgan fingerprint density at radius 1 is 1.07 bits per heavy atom. The Hall–Kier alpha value is -3.62. The number of carbonyl (C=O) groups excluding carboxylic acids is 2. The molecule has 0 radical (unpaired) electrons. The third-order valence-corrected chi connectivity index (χ3v) is 3.80. The van der Waals surface area contributed by atoms with E-state index in [1.165, 1.54) is 17.8 Å². The first-order chi connectivity index (χ1) is 13.3. The number of hydrogen-bond acceptors (Lipinski definition) is 5. The molecule has 0 bridgehead atoms. The van der Waals surface area contributed by atoms with Crippen molar-refractivity contribution in [1.29, 1.82) is 0 Å². The summed E-state index contributed by atoms with van der Waals surface area (Å²) in [7, 11) is 0. The second-order valence-corrected chi connectivity index (χ2v) is 5.92. The Balaban J connectivity index is 1.67. The first-order valence-electron chi connectivity index (χ1n) is 8.31. The van der Waals surface area contributed by atoms with E-state index in [1.54, 1.807) is 31.2 Å². The highest BCUT2D eigenvalue weighted by molar-refractivity contribution is 5.97. The van der Waals surface area contributed by atoms with Gasteiger partial charge in [0.25, 0.3) is 5.91 Å². The monoisotopic (exact) mass is 386 g/mol. The van der Waals surface area contributed by atoms with Crippen molar-refractivity contribution in [1.82, 2.24) is 15.0 Å². The Labute approximate surface area is 158 Å². The number of nitrogens with zero attached hydrogens (tertiary/aromatic N) is 3. The molecule has 0 fully saturated rings. The van der Waals surface area contributed by atoms with Gasteiger partial charge in [-0.1, -0.05) is 18.2 Å². The third-order valence-electron chi connectivity index (χ3n) is 3.80. The number of aromatic nitrogens is 3. The van der Waals surface area contributed by atoms with E-state index in [2.05, 4.69) is 15.5 Å². The fourth-order valence-electron chi connectivity index (χ4n) is 2.33. The zero-order valence-electron chi connectivity index (χ0n) is 15.0. The summed E-state index contributed by atoms with van der Waals surface area (Å²) in [6.45, 7) is 2.94. The van der Waals surface area contributed by atoms with Gasteiger partial charge >= 0.3 is 5.97 Å². The van der Waals surface area contributed by atoms with Crippen molar-refractivity contribution in [2.45, 2.75) is 20.0 Å². The minimum Gasteiger partial charge on any atom is -0.448 e. The number of esters is 1. The fraction of sp³-hybridized carbons (Fsp3) is 0.158. The SMILES string of the molecule is Cc1nn(-c2ccccc2)nc1C(=O)O[C@H](C)C(=O)Nc1ccc(F)c(F)c1. The number of ether oxygens (including phenoxy) is 1. The number of anilines is 1. The molecule has 1 heterocycles. The summed E-state index contributed by atoms with van der Waals surface area (Å²) in [4.78, 5) is 25.8. The lowest BCUT2D eigenvalue weighted by atomic mass is 10.2. The van der Waals surface area contributed by atoms with Crippen LogP contribution in [0.15, 0.2) is 48.5 Å². The molecule has 0 aliphatic carbocycles. The summed E-state index contributed by atoms with van der Waals surface area (Å²) in [5, 5.41) is 10.6. The van der Waals surface area contributed by atoms with Gasteiger partial charge in [0.15, 0.2) is 23.4 Å². The summed E-state index contributed by atoms with van der Waals surface area (Å²) < 4.78 is 31.3. The highest BCUT2D eigenvalue weighted by Gasteiger charge is 2.24. The summed E-state index contributed by atoms with van der Waals surface area (Å²) in [5.74, 6) is -3.66. The molecular formula is C19H16F2N4O3. The van der Waals surface area contributed by atoms with Gasteiger partial charge in [0.05, 0.1) is 11.4 Å². The largest absolute Gasteiger partial charge is 0.448 e. The lowest BCUT2D eigenvalue weighted by Gasteiger charge is -2.13. The van der Waals surface area contributed by atoms with Gasteiger partial charge in [-0.25, -0.2) is 13.6 Å². The molecule has 2 aromatic carbocycles. The molecule has 1 aromatic heterocycles. The Morgan fingerprint density at radius 2 is 1.79 bits per heavy atom. The zero-order chi connectivity index (χ0) is 20.3. The number of hydrogen-bond donors (Lipinski definition) is 1. The van der Waals surface area contributed by atoms with Crippen LogP contribution in [-0.4, -0.2) is 33.0 Å². The molecule has 144 valence electrons. The Kier molecular flexibility index (Phi) is 5.44. The predicted octanol–water partition coefficient (Wildman–Crippen LogP) is 3.04. The molecule has 1 atom stereocenters. The van der Waals surface area contributed by atoms with Gasteiger partial charge in [0.2, 0.25) is 0 Å². The van der Waals surface area contributed by atoms with Crippen LogP contribution in [0, 0.1) is 18.6 Å². The number of halogens is 2. The number of aryl methyl sites for hydroxylation is 1. The van der Waals surface area contributed by atoms with Crippen molar-refractivity contribution in [3.8, 4) is 5.69 Å². The Bertz CT molecular complexity index is 1020. The van der Waals surface area contributed by atoms with Gasteiger partial charge in [0.1, 0.15) is 0 Å². The van der Waals surface area contributed by atoms with E-state index in [-0.39, 0.29) is 11.4 Å². The molecule has 1 amide bonds. The smallest absolute Gasteiger partial charge is 0.361 e. The number of para-hydroxylation sites is 1. The van der Waals surface area contributed by atoms with Crippen LogP contribution in [0.25, 0.3) is 5.69 Å². The minimum absolute atomic E-state index is 0.0312. The lowest BCUT2D eigenvalue weighted by molar-refractivity contribution is -0.123. The first kappa shape index (κ1) is 19.2. The van der Waals surface area contributed by atoms with Gasteiger partial charge in [-0.2, -0.15) is 9.90 Å². The van der Waals surface area contributed by atoms with Gasteiger partial charge in [-0.05, 0) is 38.1 Å². The number of rotatable bonds is 5. The van der Waals surface area contributed by atoms with Crippen molar-refractivity contribution in [2.75, 3.05) is 5.32 Å². The number of nitrogens with one attached hydrogen (secondary N) is 1. The highest BCUT2D eigenvalue weighted by Crippen LogP contribution is 2.14. The summed E-state index contributed by atoms with van der Waals surface area (Å²) >= 11 is 0. The van der Waals surface area contributed by atoms with E-state index in [9.17, 15) is 18.4 Å². The Morgan fingerprint density at radius 3 is 2.46 bits per heavy atom. The second kappa shape index (κ2) is 7.95. The van der Waals surface area contributed by atoms with Crippen LogP contribution in [0.4, 0.5) is 14.5 Å². The van der Waals surface area contributed by atoms with E-state index in [0.29, 0.717) is 11.4 Å². The normalized spacial score (nSPS) is 11.7. The maximum atomic E-state index is 13.2. The zero-order valence-corrected chi connectivity index (χ0v) is 15.0. The maximum Gasteiger partial charge on any atom is 0.361 e. The van der Waals surface area contributed by atoms with Crippen molar-refractivity contribution in [3.63, 3.8) is 0 Å². The highest BCUT2D eigenvalue weighted by atomic mass is 19.2. The van der Waals surface area contributed by atoms with E-state index < -0.39 is 29.6 Å². The molecule has 0 saturated heterocycles. The standard InChI is InChI=1S/C19H16F2N4O3/c1-11-17(24-25(23-11)14-6-4-3-5-7-14)19(27)28-12(2)18(26)22-13-8-9-15(20)16(21)10-13/h3-10,12H,1-2H3,(H,22,26)/t12-/m1/s1. The van der Waals surface area contributed by atoms with Crippen LogP contribution < -0.4 is 5.32 Å². The predicted molar refractivity (Wildman–Crippen MR) is 96.0 cm³/mol. The maximum absolute atomic E-state index is 13.2. The molecule has 0 spiro atoms. The summed E-state index contributed by atoms with van der Waals surface area (Å²) in [6, 6.07) is 11.9. The molecule has 28 heavy (non-hydrogen) atoms. The van der Waals surface area contributed by atoms with Crippen LogP contribution in [0.5, 0.6) is 0 Å². The molecule has 9 heteroatoms. The quantitative estimate of drug-likeness (QED) is 0.681. The van der Waals surface area contributed by atoms with Crippen molar-refractivity contribution in [2.24, 2.45) is 0 Å². The third kappa shape index (κ3) is 4.20. The van der Waals surface area contributed by atoms with E-state index in [0.717, 1.165) is 12.1 Å². The summed E-state index contributed by atoms with van der Waals surface area (Å²) in [6.07, 6.45) is -1.19. The topological polar surface area (TPSA) is 86.1 Å². The van der Waals surface area contributed by atoms with Crippen LogP contribution in [0.1, 0.15) is 23.1 Å². The minimum atomic E-state index is -1.19. The molecular weight excluding hydrogens is 370 g/mol. The van der Waals surface area contributed by atoms with Crippen molar-refractivity contribution < 1.29 is 23.1 Å². The molecule has 0 unspecified atom stereocenters. The van der Waals surface area contributed by atoms with Crippen LogP contribution in [0.3, 0.4) is 0 Å². The molecule has 0 saturated carbocycles. The van der Waals surface area contributed by atoms with E-state index in [1.807, 2.05) is 6.07 Å². The second-order valence-electron chi connectivity index (χ2n) is 5.92. The van der Waals surface area contributed by atoms with Gasteiger partial charge in [-0.3, -0.25) is 4.79 Å². The molecule has 3 rings (SSSR count). The molecule has 0 aliphatic heterocycles. The average Bonchev–Trinajstić information content (AvgIpc) is 3.07. The van der Waals surface area contributed by atoms with Crippen LogP contribution in [0.2, 0.25) is 0 Å². The first-order valence-corrected chi connectivity index (χ1v) is 8.31. The number of carbonyl (C=O) groups is 2.